The highest BCUT2D eigenvalue weighted by atomic mass is 16.6. The molecule has 1 amide bonds. The maximum Gasteiger partial charge on any atom is 0.407 e. The molecule has 27 heavy (non-hydrogen) atoms. The highest BCUT2D eigenvalue weighted by Gasteiger charge is 2.15. The van der Waals surface area contributed by atoms with Gasteiger partial charge in [-0.2, -0.15) is 5.10 Å². The van der Waals surface area contributed by atoms with Gasteiger partial charge < -0.3 is 20.7 Å². The lowest BCUT2D eigenvalue weighted by Gasteiger charge is -2.19. The monoisotopic (exact) mass is 372 g/mol. The van der Waals surface area contributed by atoms with Crippen LogP contribution in [-0.2, 0) is 11.3 Å². The van der Waals surface area contributed by atoms with Crippen LogP contribution in [0, 0.1) is 0 Å². The third-order valence-electron chi connectivity index (χ3n) is 3.43. The van der Waals surface area contributed by atoms with Crippen LogP contribution in [0.2, 0.25) is 0 Å². The zero-order valence-electron chi connectivity index (χ0n) is 16.3. The SMILES string of the molecule is CN=C(NCCNC(=O)OC(C)(C)C)NCc1cnn(-c2ccccc2)c1. The Morgan fingerprint density at radius 1 is 1.15 bits per heavy atom. The van der Waals surface area contributed by atoms with E-state index < -0.39 is 11.7 Å². The summed E-state index contributed by atoms with van der Waals surface area (Å²) < 4.78 is 7.01. The number of aromatic nitrogens is 2. The first-order valence-corrected chi connectivity index (χ1v) is 8.88. The molecule has 0 fully saturated rings. The van der Waals surface area contributed by atoms with Gasteiger partial charge in [0.2, 0.25) is 0 Å². The number of nitrogens with zero attached hydrogens (tertiary/aromatic N) is 3. The van der Waals surface area contributed by atoms with Crippen molar-refractivity contribution in [1.29, 1.82) is 0 Å². The van der Waals surface area contributed by atoms with Crippen LogP contribution >= 0.6 is 0 Å². The normalized spacial score (nSPS) is 11.8. The first kappa shape index (κ1) is 20.3. The van der Waals surface area contributed by atoms with Gasteiger partial charge in [-0.05, 0) is 32.9 Å². The quantitative estimate of drug-likeness (QED) is 0.410. The Hall–Kier alpha value is -3.03. The van der Waals surface area contributed by atoms with Crippen molar-refractivity contribution in [2.45, 2.75) is 32.9 Å². The molecule has 1 aromatic carbocycles. The van der Waals surface area contributed by atoms with E-state index in [0.717, 1.165) is 11.3 Å². The second-order valence-electron chi connectivity index (χ2n) is 6.91. The Morgan fingerprint density at radius 3 is 2.52 bits per heavy atom. The molecule has 0 saturated heterocycles. The van der Waals surface area contributed by atoms with Crippen LogP contribution in [0.15, 0.2) is 47.7 Å². The number of hydrogen-bond acceptors (Lipinski definition) is 4. The van der Waals surface area contributed by atoms with Crippen molar-refractivity contribution in [3.63, 3.8) is 0 Å². The Bertz CT molecular complexity index is 749. The van der Waals surface area contributed by atoms with E-state index in [1.807, 2.05) is 68.2 Å². The molecule has 8 heteroatoms. The standard InChI is InChI=1S/C19H28N6O2/c1-19(2,3)27-18(26)22-11-10-21-17(20-4)23-12-15-13-24-25(14-15)16-8-6-5-7-9-16/h5-9,13-14H,10-12H2,1-4H3,(H,22,26)(H2,20,21,23). The Balaban J connectivity index is 1.72. The van der Waals surface area contributed by atoms with E-state index in [0.29, 0.717) is 25.6 Å². The van der Waals surface area contributed by atoms with Gasteiger partial charge in [0.25, 0.3) is 0 Å². The van der Waals surface area contributed by atoms with Crippen molar-refractivity contribution >= 4 is 12.1 Å². The van der Waals surface area contributed by atoms with Gasteiger partial charge in [-0.3, -0.25) is 4.99 Å². The lowest BCUT2D eigenvalue weighted by molar-refractivity contribution is 0.0529. The Morgan fingerprint density at radius 2 is 1.85 bits per heavy atom. The van der Waals surface area contributed by atoms with Gasteiger partial charge in [-0.25, -0.2) is 9.48 Å². The molecule has 2 aromatic rings. The number of ether oxygens (including phenoxy) is 1. The number of hydrogen-bond donors (Lipinski definition) is 3. The van der Waals surface area contributed by atoms with Crippen molar-refractivity contribution in [3.05, 3.63) is 48.3 Å². The van der Waals surface area contributed by atoms with Gasteiger partial charge in [-0.1, -0.05) is 18.2 Å². The summed E-state index contributed by atoms with van der Waals surface area (Å²) in [6.45, 7) is 7.04. The molecule has 146 valence electrons. The van der Waals surface area contributed by atoms with E-state index in [1.165, 1.54) is 0 Å². The minimum Gasteiger partial charge on any atom is -0.444 e. The average Bonchev–Trinajstić information content (AvgIpc) is 3.09. The summed E-state index contributed by atoms with van der Waals surface area (Å²) >= 11 is 0. The molecule has 0 bridgehead atoms. The molecule has 0 aliphatic rings. The number of amides is 1. The van der Waals surface area contributed by atoms with E-state index >= 15 is 0 Å². The summed E-state index contributed by atoms with van der Waals surface area (Å²) in [5.74, 6) is 0.647. The van der Waals surface area contributed by atoms with Crippen LogP contribution in [0.1, 0.15) is 26.3 Å². The fourth-order valence-electron chi connectivity index (χ4n) is 2.24. The third-order valence-corrected chi connectivity index (χ3v) is 3.43. The first-order valence-electron chi connectivity index (χ1n) is 8.88. The molecule has 3 N–H and O–H groups in total. The lowest BCUT2D eigenvalue weighted by atomic mass is 10.2. The number of rotatable bonds is 6. The zero-order valence-corrected chi connectivity index (χ0v) is 16.3. The largest absolute Gasteiger partial charge is 0.444 e. The molecule has 1 aromatic heterocycles. The van der Waals surface area contributed by atoms with Crippen LogP contribution in [0.4, 0.5) is 4.79 Å². The summed E-state index contributed by atoms with van der Waals surface area (Å²) in [7, 11) is 1.70. The van der Waals surface area contributed by atoms with E-state index in [-0.39, 0.29) is 0 Å². The summed E-state index contributed by atoms with van der Waals surface area (Å²) in [5.41, 5.74) is 1.55. The summed E-state index contributed by atoms with van der Waals surface area (Å²) in [6.07, 6.45) is 3.36. The van der Waals surface area contributed by atoms with Gasteiger partial charge in [0.1, 0.15) is 5.60 Å². The summed E-state index contributed by atoms with van der Waals surface area (Å²) in [5, 5.41) is 13.4. The first-order chi connectivity index (χ1) is 12.9. The van der Waals surface area contributed by atoms with E-state index in [1.54, 1.807) is 7.05 Å². The number of alkyl carbamates (subject to hydrolysis) is 1. The van der Waals surface area contributed by atoms with Crippen molar-refractivity contribution in [3.8, 4) is 5.69 Å². The highest BCUT2D eigenvalue weighted by molar-refractivity contribution is 5.79. The van der Waals surface area contributed by atoms with Crippen molar-refractivity contribution in [1.82, 2.24) is 25.7 Å². The number of guanidine groups is 1. The second kappa shape index (κ2) is 9.61. The molecule has 0 unspecified atom stereocenters. The number of carbonyl (C=O) groups is 1. The van der Waals surface area contributed by atoms with Gasteiger partial charge in [0, 0.05) is 38.4 Å². The molecule has 8 nitrogen and oxygen atoms in total. The van der Waals surface area contributed by atoms with Crippen LogP contribution < -0.4 is 16.0 Å². The number of para-hydroxylation sites is 1. The van der Waals surface area contributed by atoms with E-state index in [9.17, 15) is 4.79 Å². The predicted octanol–water partition coefficient (Wildman–Crippen LogP) is 2.06. The maximum atomic E-state index is 11.6. The van der Waals surface area contributed by atoms with Gasteiger partial charge in [0.05, 0.1) is 11.9 Å². The minimum atomic E-state index is -0.501. The highest BCUT2D eigenvalue weighted by Crippen LogP contribution is 2.07. The van der Waals surface area contributed by atoms with Crippen LogP contribution in [0.25, 0.3) is 5.69 Å². The number of benzene rings is 1. The number of nitrogens with one attached hydrogen (secondary N) is 3. The Kier molecular flexibility index (Phi) is 7.22. The van der Waals surface area contributed by atoms with E-state index in [4.69, 9.17) is 4.74 Å². The average molecular weight is 372 g/mol. The fraction of sp³-hybridized carbons (Fsp3) is 0.421. The van der Waals surface area contributed by atoms with Crippen molar-refractivity contribution in [2.24, 2.45) is 4.99 Å². The molecular formula is C19H28N6O2. The number of aliphatic imine (C=N–C) groups is 1. The molecule has 1 heterocycles. The predicted molar refractivity (Wildman–Crippen MR) is 106 cm³/mol. The molecule has 0 spiro atoms. The fourth-order valence-corrected chi connectivity index (χ4v) is 2.24. The minimum absolute atomic E-state index is 0.430. The van der Waals surface area contributed by atoms with Crippen LogP contribution in [0.3, 0.4) is 0 Å². The summed E-state index contributed by atoms with van der Waals surface area (Å²) in [4.78, 5) is 15.8. The van der Waals surface area contributed by atoms with Crippen LogP contribution in [-0.4, -0.2) is 47.6 Å². The molecule has 0 saturated carbocycles. The molecule has 0 aliphatic heterocycles. The van der Waals surface area contributed by atoms with Crippen molar-refractivity contribution < 1.29 is 9.53 Å². The van der Waals surface area contributed by atoms with Gasteiger partial charge in [-0.15, -0.1) is 0 Å². The smallest absolute Gasteiger partial charge is 0.407 e. The lowest BCUT2D eigenvalue weighted by Crippen LogP contribution is -2.42. The molecule has 2 rings (SSSR count). The van der Waals surface area contributed by atoms with Crippen LogP contribution in [0.5, 0.6) is 0 Å². The summed E-state index contributed by atoms with van der Waals surface area (Å²) in [6, 6.07) is 9.94. The molecular weight excluding hydrogens is 344 g/mol. The van der Waals surface area contributed by atoms with Gasteiger partial charge in [0.15, 0.2) is 5.96 Å². The maximum absolute atomic E-state index is 11.6. The molecule has 0 aliphatic carbocycles. The third kappa shape index (κ3) is 7.39. The topological polar surface area (TPSA) is 92.6 Å². The van der Waals surface area contributed by atoms with E-state index in [2.05, 4.69) is 26.0 Å². The second-order valence-corrected chi connectivity index (χ2v) is 6.91. The zero-order chi connectivity index (χ0) is 19.7. The Labute approximate surface area is 160 Å². The van der Waals surface area contributed by atoms with Crippen molar-refractivity contribution in [2.75, 3.05) is 20.1 Å². The molecule has 0 radical (unpaired) electrons. The van der Waals surface area contributed by atoms with Gasteiger partial charge >= 0.3 is 6.09 Å². The molecule has 0 atom stereocenters. The number of carbonyl (C=O) groups excluding carboxylic acids is 1.